The summed E-state index contributed by atoms with van der Waals surface area (Å²) in [6.07, 6.45) is 0. The summed E-state index contributed by atoms with van der Waals surface area (Å²) in [7, 11) is 2.01. The fourth-order valence-corrected chi connectivity index (χ4v) is 1.38. The van der Waals surface area contributed by atoms with Gasteiger partial charge >= 0.3 is 0 Å². The fraction of sp³-hybridized carbons (Fsp3) is 0.750. The number of nitrogens with zero attached hydrogens (tertiary/aromatic N) is 2. The van der Waals surface area contributed by atoms with Crippen LogP contribution in [0.3, 0.4) is 0 Å². The summed E-state index contributed by atoms with van der Waals surface area (Å²) >= 11 is 7.23. The molecule has 8 heavy (non-hydrogen) atoms. The van der Waals surface area contributed by atoms with Crippen LogP contribution in [0.5, 0.6) is 0 Å². The molecule has 1 aliphatic rings. The Morgan fingerprint density at radius 1 is 1.62 bits per heavy atom. The molecule has 1 aliphatic heterocycles. The molecule has 0 aromatic carbocycles. The van der Waals surface area contributed by atoms with Gasteiger partial charge in [0.1, 0.15) is 0 Å². The minimum Gasteiger partial charge on any atom is -0.350 e. The summed E-state index contributed by atoms with van der Waals surface area (Å²) in [5, 5.41) is 0.950. The molecule has 0 unspecified atom stereocenters. The van der Waals surface area contributed by atoms with Gasteiger partial charge in [-0.15, -0.1) is 0 Å². The van der Waals surface area contributed by atoms with E-state index in [9.17, 15) is 0 Å². The van der Waals surface area contributed by atoms with Crippen molar-refractivity contribution in [2.45, 2.75) is 0 Å². The highest BCUT2D eigenvalue weighted by molar-refractivity contribution is 14.1. The van der Waals surface area contributed by atoms with Gasteiger partial charge in [0.15, 0.2) is 5.11 Å². The third kappa shape index (κ3) is 1.05. The molecule has 0 bridgehead atoms. The summed E-state index contributed by atoms with van der Waals surface area (Å²) in [6, 6.07) is 0. The molecule has 0 aromatic heterocycles. The van der Waals surface area contributed by atoms with E-state index >= 15 is 0 Å². The summed E-state index contributed by atoms with van der Waals surface area (Å²) < 4.78 is 2.05. The van der Waals surface area contributed by atoms with E-state index in [0.717, 1.165) is 18.2 Å². The molecular weight excluding hydrogens is 235 g/mol. The molecule has 0 amide bonds. The van der Waals surface area contributed by atoms with E-state index in [1.807, 2.05) is 10.2 Å². The van der Waals surface area contributed by atoms with Crippen LogP contribution in [0.25, 0.3) is 0 Å². The van der Waals surface area contributed by atoms with Gasteiger partial charge in [0.2, 0.25) is 0 Å². The second kappa shape index (κ2) is 2.34. The van der Waals surface area contributed by atoms with E-state index in [-0.39, 0.29) is 0 Å². The van der Waals surface area contributed by atoms with Crippen LogP contribution >= 0.6 is 35.1 Å². The lowest BCUT2D eigenvalue weighted by atomic mass is 10.7. The van der Waals surface area contributed by atoms with E-state index in [0.29, 0.717) is 0 Å². The van der Waals surface area contributed by atoms with Crippen molar-refractivity contribution in [3.63, 3.8) is 0 Å². The van der Waals surface area contributed by atoms with Crippen LogP contribution in [-0.2, 0) is 0 Å². The summed E-state index contributed by atoms with van der Waals surface area (Å²) in [5.41, 5.74) is 0. The minimum atomic E-state index is 0.950. The first-order chi connectivity index (χ1) is 3.72. The molecule has 1 saturated heterocycles. The lowest BCUT2D eigenvalue weighted by Crippen LogP contribution is -2.21. The molecule has 0 saturated carbocycles. The lowest BCUT2D eigenvalue weighted by Gasteiger charge is -2.09. The Morgan fingerprint density at radius 2 is 2.25 bits per heavy atom. The summed E-state index contributed by atoms with van der Waals surface area (Å²) in [4.78, 5) is 2.07. The maximum Gasteiger partial charge on any atom is 0.180 e. The quantitative estimate of drug-likeness (QED) is 0.353. The van der Waals surface area contributed by atoms with Gasteiger partial charge in [0.05, 0.1) is 22.9 Å². The van der Waals surface area contributed by atoms with Crippen LogP contribution in [0.1, 0.15) is 0 Å². The van der Waals surface area contributed by atoms with E-state index in [2.05, 4.69) is 27.8 Å². The highest BCUT2D eigenvalue weighted by Crippen LogP contribution is 2.10. The second-order valence-corrected chi connectivity index (χ2v) is 3.32. The van der Waals surface area contributed by atoms with E-state index in [1.54, 1.807) is 0 Å². The average molecular weight is 242 g/mol. The molecule has 2 nitrogen and oxygen atoms in total. The number of halogens is 1. The van der Waals surface area contributed by atoms with Crippen molar-refractivity contribution in [1.82, 2.24) is 8.01 Å². The molecule has 0 aromatic rings. The number of likely N-dealkylation sites (N-methyl/N-ethyl adjacent to an activating group) is 1. The second-order valence-electron chi connectivity index (χ2n) is 1.79. The van der Waals surface area contributed by atoms with Gasteiger partial charge in [0.25, 0.3) is 0 Å². The predicted octanol–water partition coefficient (Wildman–Crippen LogP) is 0.869. The highest BCUT2D eigenvalue weighted by Gasteiger charge is 2.17. The standard InChI is InChI=1S/C4H7IN2S/c1-6-2-3-7(5)4(6)8/h2-3H2,1H3. The maximum atomic E-state index is 5.01. The first-order valence-corrected chi connectivity index (χ1v) is 3.77. The predicted molar refractivity (Wildman–Crippen MR) is 46.0 cm³/mol. The number of hydrogen-bond acceptors (Lipinski definition) is 1. The summed E-state index contributed by atoms with van der Waals surface area (Å²) in [6.45, 7) is 2.14. The molecular formula is C4H7IN2S. The molecule has 1 rings (SSSR count). The van der Waals surface area contributed by atoms with Crippen molar-refractivity contribution in [3.05, 3.63) is 0 Å². The SMILES string of the molecule is CN1CCN(I)C1=S. The Labute approximate surface area is 68.3 Å². The third-order valence-electron chi connectivity index (χ3n) is 1.17. The Bertz CT molecular complexity index is 105. The zero-order valence-corrected chi connectivity index (χ0v) is 7.57. The lowest BCUT2D eigenvalue weighted by molar-refractivity contribution is 0.570. The highest BCUT2D eigenvalue weighted by atomic mass is 127. The molecule has 1 fully saturated rings. The minimum absolute atomic E-state index is 0.950. The zero-order chi connectivity index (χ0) is 6.15. The van der Waals surface area contributed by atoms with E-state index in [4.69, 9.17) is 12.2 Å². The largest absolute Gasteiger partial charge is 0.350 e. The molecule has 1 heterocycles. The number of thiocarbonyl (C=S) groups is 1. The van der Waals surface area contributed by atoms with Crippen molar-refractivity contribution in [3.8, 4) is 0 Å². The monoisotopic (exact) mass is 242 g/mol. The zero-order valence-electron chi connectivity index (χ0n) is 4.59. The van der Waals surface area contributed by atoms with Crippen LogP contribution in [0.4, 0.5) is 0 Å². The third-order valence-corrected chi connectivity index (χ3v) is 2.96. The first-order valence-electron chi connectivity index (χ1n) is 2.40. The van der Waals surface area contributed by atoms with Crippen LogP contribution in [0, 0.1) is 0 Å². The fourth-order valence-electron chi connectivity index (χ4n) is 0.614. The van der Waals surface area contributed by atoms with Gasteiger partial charge in [-0.05, 0) is 12.2 Å². The molecule has 0 atom stereocenters. The maximum absolute atomic E-state index is 5.01. The van der Waals surface area contributed by atoms with Crippen LogP contribution in [0.2, 0.25) is 0 Å². The Morgan fingerprint density at radius 3 is 2.38 bits per heavy atom. The van der Waals surface area contributed by atoms with Crippen molar-refractivity contribution >= 4 is 40.2 Å². The number of rotatable bonds is 0. The molecule has 0 radical (unpaired) electrons. The first kappa shape index (κ1) is 6.54. The van der Waals surface area contributed by atoms with Crippen molar-refractivity contribution < 1.29 is 0 Å². The van der Waals surface area contributed by atoms with Gasteiger partial charge < -0.3 is 4.90 Å². The van der Waals surface area contributed by atoms with Gasteiger partial charge in [-0.1, -0.05) is 0 Å². The van der Waals surface area contributed by atoms with Gasteiger partial charge in [-0.25, -0.2) is 0 Å². The van der Waals surface area contributed by atoms with Crippen LogP contribution < -0.4 is 0 Å². The molecule has 4 heteroatoms. The van der Waals surface area contributed by atoms with Gasteiger partial charge in [-0.2, -0.15) is 0 Å². The van der Waals surface area contributed by atoms with Crippen molar-refractivity contribution in [2.75, 3.05) is 20.1 Å². The Balaban J connectivity index is 2.57. The van der Waals surface area contributed by atoms with E-state index < -0.39 is 0 Å². The molecule has 0 N–H and O–H groups in total. The topological polar surface area (TPSA) is 6.48 Å². The molecule has 46 valence electrons. The Hall–Kier alpha value is 0.420. The summed E-state index contributed by atoms with van der Waals surface area (Å²) in [5.74, 6) is 0. The average Bonchev–Trinajstić information content (AvgIpc) is 1.98. The van der Waals surface area contributed by atoms with Gasteiger partial charge in [0, 0.05) is 20.1 Å². The number of hydrogen-bond donors (Lipinski definition) is 0. The smallest absolute Gasteiger partial charge is 0.180 e. The Kier molecular flexibility index (Phi) is 1.92. The molecule has 0 spiro atoms. The van der Waals surface area contributed by atoms with Crippen molar-refractivity contribution in [2.24, 2.45) is 0 Å². The van der Waals surface area contributed by atoms with E-state index in [1.165, 1.54) is 0 Å². The van der Waals surface area contributed by atoms with Crippen LogP contribution in [-0.4, -0.2) is 33.3 Å². The molecule has 0 aliphatic carbocycles. The van der Waals surface area contributed by atoms with Crippen molar-refractivity contribution in [1.29, 1.82) is 0 Å². The van der Waals surface area contributed by atoms with Crippen LogP contribution in [0.15, 0.2) is 0 Å². The normalized spacial score (nSPS) is 20.5. The van der Waals surface area contributed by atoms with Gasteiger partial charge in [-0.3, -0.25) is 3.11 Å².